The summed E-state index contributed by atoms with van der Waals surface area (Å²) in [5.74, 6) is 0. The highest BCUT2D eigenvalue weighted by Crippen LogP contribution is 2.25. The van der Waals surface area contributed by atoms with E-state index in [1.54, 1.807) is 0 Å². The van der Waals surface area contributed by atoms with Crippen molar-refractivity contribution in [1.29, 1.82) is 0 Å². The fourth-order valence-electron chi connectivity index (χ4n) is 0.957. The van der Waals surface area contributed by atoms with Gasteiger partial charge in [0.05, 0.1) is 6.67 Å². The van der Waals surface area contributed by atoms with Crippen molar-refractivity contribution < 1.29 is 4.39 Å². The number of alkyl halides is 1. The van der Waals surface area contributed by atoms with E-state index in [1.807, 2.05) is 0 Å². The molecule has 0 aliphatic carbocycles. The average molecular weight is 117 g/mol. The molecule has 0 unspecified atom stereocenters. The van der Waals surface area contributed by atoms with Gasteiger partial charge >= 0.3 is 0 Å². The Labute approximate surface area is 49.3 Å². The third-order valence-electron chi connectivity index (χ3n) is 1.80. The summed E-state index contributed by atoms with van der Waals surface area (Å²) in [6, 6.07) is 0. The molecule has 0 radical (unpaired) electrons. The van der Waals surface area contributed by atoms with E-state index in [4.69, 9.17) is 0 Å². The van der Waals surface area contributed by atoms with Gasteiger partial charge in [-0.05, 0) is 11.8 Å². The van der Waals surface area contributed by atoms with Crippen molar-refractivity contribution in [3.63, 3.8) is 0 Å². The Kier molecular flexibility index (Phi) is 1.52. The fourth-order valence-corrected chi connectivity index (χ4v) is 0.957. The fraction of sp³-hybridized carbons (Fsp3) is 1.00. The minimum Gasteiger partial charge on any atom is -0.316 e. The van der Waals surface area contributed by atoms with Gasteiger partial charge in [0.1, 0.15) is 0 Å². The van der Waals surface area contributed by atoms with Crippen LogP contribution < -0.4 is 5.32 Å². The predicted molar refractivity (Wildman–Crippen MR) is 31.6 cm³/mol. The SMILES string of the molecule is CC1(CCF)CNC1. The molecule has 48 valence electrons. The average Bonchev–Trinajstić information content (AvgIpc) is 1.64. The van der Waals surface area contributed by atoms with Crippen molar-refractivity contribution in [2.75, 3.05) is 19.8 Å². The molecule has 1 heterocycles. The van der Waals surface area contributed by atoms with E-state index < -0.39 is 0 Å². The smallest absolute Gasteiger partial charge is 0.0900 e. The lowest BCUT2D eigenvalue weighted by Crippen LogP contribution is -2.51. The molecule has 1 aliphatic rings. The van der Waals surface area contributed by atoms with Crippen LogP contribution in [0.1, 0.15) is 13.3 Å². The summed E-state index contributed by atoms with van der Waals surface area (Å²) in [4.78, 5) is 0. The Morgan fingerprint density at radius 2 is 2.25 bits per heavy atom. The van der Waals surface area contributed by atoms with E-state index in [2.05, 4.69) is 12.2 Å². The van der Waals surface area contributed by atoms with Gasteiger partial charge in [-0.1, -0.05) is 6.92 Å². The standard InChI is InChI=1S/C6H12FN/c1-6(2-3-7)4-8-5-6/h8H,2-5H2,1H3. The summed E-state index contributed by atoms with van der Waals surface area (Å²) in [6.45, 7) is 3.94. The van der Waals surface area contributed by atoms with Crippen LogP contribution in [-0.4, -0.2) is 19.8 Å². The highest BCUT2D eigenvalue weighted by molar-refractivity contribution is 4.87. The lowest BCUT2D eigenvalue weighted by atomic mass is 9.81. The molecule has 0 amide bonds. The van der Waals surface area contributed by atoms with Crippen LogP contribution in [0.4, 0.5) is 4.39 Å². The van der Waals surface area contributed by atoms with Gasteiger partial charge in [0.25, 0.3) is 0 Å². The maximum atomic E-state index is 11.7. The molecule has 0 atom stereocenters. The molecule has 0 saturated carbocycles. The van der Waals surface area contributed by atoms with Crippen LogP contribution in [0.2, 0.25) is 0 Å². The minimum atomic E-state index is -0.168. The zero-order valence-electron chi connectivity index (χ0n) is 5.21. The van der Waals surface area contributed by atoms with Gasteiger partial charge < -0.3 is 5.32 Å². The third-order valence-corrected chi connectivity index (χ3v) is 1.80. The van der Waals surface area contributed by atoms with Crippen LogP contribution in [0.15, 0.2) is 0 Å². The topological polar surface area (TPSA) is 12.0 Å². The van der Waals surface area contributed by atoms with Crippen molar-refractivity contribution in [3.05, 3.63) is 0 Å². The first-order valence-electron chi connectivity index (χ1n) is 3.04. The predicted octanol–water partition coefficient (Wildman–Crippen LogP) is 0.956. The second-order valence-corrected chi connectivity index (χ2v) is 2.85. The molecule has 1 N–H and O–H groups in total. The number of hydrogen-bond donors (Lipinski definition) is 1. The van der Waals surface area contributed by atoms with Crippen LogP contribution in [0.5, 0.6) is 0 Å². The highest BCUT2D eigenvalue weighted by atomic mass is 19.1. The van der Waals surface area contributed by atoms with E-state index in [0.29, 0.717) is 0 Å². The van der Waals surface area contributed by atoms with Crippen molar-refractivity contribution in [1.82, 2.24) is 5.32 Å². The first-order chi connectivity index (χ1) is 3.77. The normalized spacial score (nSPS) is 24.8. The van der Waals surface area contributed by atoms with Gasteiger partial charge in [0.15, 0.2) is 0 Å². The molecule has 1 saturated heterocycles. The first-order valence-corrected chi connectivity index (χ1v) is 3.04. The van der Waals surface area contributed by atoms with Gasteiger partial charge in [0.2, 0.25) is 0 Å². The molecule has 2 heteroatoms. The summed E-state index contributed by atoms with van der Waals surface area (Å²) < 4.78 is 11.7. The lowest BCUT2D eigenvalue weighted by molar-refractivity contribution is 0.163. The van der Waals surface area contributed by atoms with Crippen LogP contribution in [0.25, 0.3) is 0 Å². The van der Waals surface area contributed by atoms with Crippen molar-refractivity contribution in [3.8, 4) is 0 Å². The molecule has 0 spiro atoms. The largest absolute Gasteiger partial charge is 0.316 e. The molecule has 0 aromatic carbocycles. The quantitative estimate of drug-likeness (QED) is 0.568. The summed E-state index contributed by atoms with van der Waals surface area (Å²) in [5.41, 5.74) is 0.286. The van der Waals surface area contributed by atoms with Crippen molar-refractivity contribution in [2.45, 2.75) is 13.3 Å². The van der Waals surface area contributed by atoms with Crippen molar-refractivity contribution >= 4 is 0 Å². The molecule has 8 heavy (non-hydrogen) atoms. The van der Waals surface area contributed by atoms with Crippen molar-refractivity contribution in [2.24, 2.45) is 5.41 Å². The minimum absolute atomic E-state index is 0.168. The van der Waals surface area contributed by atoms with Gasteiger partial charge in [0, 0.05) is 13.1 Å². The molecule has 1 nitrogen and oxygen atoms in total. The Balaban J connectivity index is 2.20. The van der Waals surface area contributed by atoms with Crippen LogP contribution >= 0.6 is 0 Å². The second-order valence-electron chi connectivity index (χ2n) is 2.85. The number of hydrogen-bond acceptors (Lipinski definition) is 1. The summed E-state index contributed by atoms with van der Waals surface area (Å²) in [5, 5.41) is 3.12. The van der Waals surface area contributed by atoms with E-state index >= 15 is 0 Å². The number of nitrogens with one attached hydrogen (secondary N) is 1. The molecular weight excluding hydrogens is 105 g/mol. The molecule has 0 bridgehead atoms. The summed E-state index contributed by atoms with van der Waals surface area (Å²) in [6.07, 6.45) is 0.722. The van der Waals surface area contributed by atoms with E-state index in [-0.39, 0.29) is 12.1 Å². The monoisotopic (exact) mass is 117 g/mol. The molecule has 1 aliphatic heterocycles. The Hall–Kier alpha value is -0.110. The molecule has 0 aromatic rings. The van der Waals surface area contributed by atoms with Crippen LogP contribution in [0.3, 0.4) is 0 Å². The molecule has 1 fully saturated rings. The van der Waals surface area contributed by atoms with Gasteiger partial charge in [-0.3, -0.25) is 4.39 Å². The Morgan fingerprint density at radius 1 is 1.62 bits per heavy atom. The highest BCUT2D eigenvalue weighted by Gasteiger charge is 2.30. The molecular formula is C6H12FN. The van der Waals surface area contributed by atoms with Crippen LogP contribution in [0, 0.1) is 5.41 Å². The van der Waals surface area contributed by atoms with Gasteiger partial charge in [-0.2, -0.15) is 0 Å². The van der Waals surface area contributed by atoms with Crippen LogP contribution in [-0.2, 0) is 0 Å². The number of rotatable bonds is 2. The zero-order valence-corrected chi connectivity index (χ0v) is 5.21. The van der Waals surface area contributed by atoms with Gasteiger partial charge in [-0.15, -0.1) is 0 Å². The lowest BCUT2D eigenvalue weighted by Gasteiger charge is -2.38. The second kappa shape index (κ2) is 2.02. The number of halogens is 1. The Morgan fingerprint density at radius 3 is 2.38 bits per heavy atom. The summed E-state index contributed by atoms with van der Waals surface area (Å²) in [7, 11) is 0. The summed E-state index contributed by atoms with van der Waals surface area (Å²) >= 11 is 0. The van der Waals surface area contributed by atoms with E-state index in [9.17, 15) is 4.39 Å². The van der Waals surface area contributed by atoms with E-state index in [0.717, 1.165) is 19.5 Å². The zero-order chi connectivity index (χ0) is 6.04. The van der Waals surface area contributed by atoms with Gasteiger partial charge in [-0.25, -0.2) is 0 Å². The third kappa shape index (κ3) is 0.996. The molecule has 0 aromatic heterocycles. The maximum absolute atomic E-state index is 11.7. The van der Waals surface area contributed by atoms with E-state index in [1.165, 1.54) is 0 Å². The first kappa shape index (κ1) is 6.02. The maximum Gasteiger partial charge on any atom is 0.0900 e. The molecule has 1 rings (SSSR count). The Bertz CT molecular complexity index is 78.6.